The zero-order valence-corrected chi connectivity index (χ0v) is 15.1. The van der Waals surface area contributed by atoms with Crippen LogP contribution >= 0.6 is 45.5 Å². The Morgan fingerprint density at radius 2 is 2.04 bits per heavy atom. The molecule has 9 heteroatoms. The number of carbonyl (C=O) groups excluding carboxylic acids is 1. The summed E-state index contributed by atoms with van der Waals surface area (Å²) < 4.78 is 41.8. The number of thiophene rings is 1. The molecule has 3 aromatic rings. The van der Waals surface area contributed by atoms with E-state index in [1.165, 1.54) is 11.3 Å². The van der Waals surface area contributed by atoms with Crippen molar-refractivity contribution in [3.8, 4) is 0 Å². The van der Waals surface area contributed by atoms with E-state index >= 15 is 0 Å². The number of halogens is 5. The Bertz CT molecular complexity index is 932. The van der Waals surface area contributed by atoms with Gasteiger partial charge in [0, 0.05) is 9.90 Å². The third-order valence-corrected chi connectivity index (χ3v) is 5.55. The zero-order chi connectivity index (χ0) is 16.9. The zero-order valence-electron chi connectivity index (χ0n) is 11.4. The van der Waals surface area contributed by atoms with Gasteiger partial charge in [-0.2, -0.15) is 23.0 Å². The summed E-state index contributed by atoms with van der Waals surface area (Å²) in [5, 5.41) is 4.13. The Morgan fingerprint density at radius 1 is 1.35 bits per heavy atom. The van der Waals surface area contributed by atoms with E-state index in [2.05, 4.69) is 5.10 Å². The van der Waals surface area contributed by atoms with Crippen LogP contribution in [-0.4, -0.2) is 15.7 Å². The lowest BCUT2D eigenvalue weighted by Crippen LogP contribution is -2.19. The molecule has 23 heavy (non-hydrogen) atoms. The molecule has 120 valence electrons. The second-order valence-electron chi connectivity index (χ2n) is 4.77. The van der Waals surface area contributed by atoms with Gasteiger partial charge in [0.25, 0.3) is 5.91 Å². The van der Waals surface area contributed by atoms with Gasteiger partial charge in [-0.3, -0.25) is 4.79 Å². The third-order valence-electron chi connectivity index (χ3n) is 3.15. The largest absolute Gasteiger partial charge is 0.417 e. The van der Waals surface area contributed by atoms with Crippen molar-refractivity contribution in [1.82, 2.24) is 9.78 Å². The Kier molecular flexibility index (Phi) is 4.18. The number of benzene rings is 1. The predicted octanol–water partition coefficient (Wildman–Crippen LogP) is 5.37. The van der Waals surface area contributed by atoms with E-state index in [0.717, 1.165) is 32.5 Å². The first-order chi connectivity index (χ1) is 10.7. The monoisotopic (exact) mass is 470 g/mol. The lowest BCUT2D eigenvalue weighted by atomic mass is 10.1. The summed E-state index contributed by atoms with van der Waals surface area (Å²) in [7, 11) is 0. The molecular formula is C14H7ClF3IN2OS. The molecule has 0 saturated carbocycles. The minimum atomic E-state index is -4.65. The van der Waals surface area contributed by atoms with Gasteiger partial charge in [0.05, 0.1) is 21.3 Å². The van der Waals surface area contributed by atoms with E-state index in [1.807, 2.05) is 29.5 Å². The number of hydrogen-bond donors (Lipinski definition) is 0. The molecule has 0 atom stereocenters. The average Bonchev–Trinajstić information content (AvgIpc) is 2.96. The summed E-state index contributed by atoms with van der Waals surface area (Å²) in [6.07, 6.45) is -4.65. The molecular weight excluding hydrogens is 464 g/mol. The van der Waals surface area contributed by atoms with Crippen LogP contribution in [-0.2, 0) is 6.18 Å². The first-order valence-electron chi connectivity index (χ1n) is 6.24. The van der Waals surface area contributed by atoms with E-state index in [4.69, 9.17) is 11.6 Å². The van der Waals surface area contributed by atoms with Crippen LogP contribution in [0.1, 0.15) is 20.8 Å². The van der Waals surface area contributed by atoms with Gasteiger partial charge in [0.1, 0.15) is 3.70 Å². The van der Waals surface area contributed by atoms with E-state index in [0.29, 0.717) is 9.22 Å². The highest BCUT2D eigenvalue weighted by Gasteiger charge is 2.36. The Labute approximate surface area is 151 Å². The molecule has 0 saturated heterocycles. The second-order valence-corrected chi connectivity index (χ2v) is 7.48. The summed E-state index contributed by atoms with van der Waals surface area (Å²) >= 11 is 9.17. The molecule has 0 aliphatic carbocycles. The molecule has 0 spiro atoms. The van der Waals surface area contributed by atoms with Crippen LogP contribution in [0.3, 0.4) is 0 Å². The second kappa shape index (κ2) is 5.75. The molecule has 0 unspecified atom stereocenters. The van der Waals surface area contributed by atoms with Gasteiger partial charge in [-0.1, -0.05) is 11.6 Å². The molecule has 3 nitrogen and oxygen atoms in total. The molecule has 0 radical (unpaired) electrons. The molecule has 2 heterocycles. The summed E-state index contributed by atoms with van der Waals surface area (Å²) in [5.41, 5.74) is -1.05. The van der Waals surface area contributed by atoms with E-state index < -0.39 is 23.2 Å². The number of alkyl halides is 3. The summed E-state index contributed by atoms with van der Waals surface area (Å²) in [6.45, 7) is 1.86. The molecule has 0 aliphatic heterocycles. The lowest BCUT2D eigenvalue weighted by Gasteiger charge is -2.12. The van der Waals surface area contributed by atoms with Crippen LogP contribution < -0.4 is 0 Å². The SMILES string of the molecule is Cc1cc2c(s1)c(I)nn2C(=O)c1cc(Cl)ccc1C(F)(F)F. The smallest absolute Gasteiger partial charge is 0.267 e. The molecule has 1 aromatic carbocycles. The first-order valence-corrected chi connectivity index (χ1v) is 8.52. The van der Waals surface area contributed by atoms with Crippen molar-refractivity contribution < 1.29 is 18.0 Å². The number of rotatable bonds is 1. The van der Waals surface area contributed by atoms with Crippen LogP contribution in [0.4, 0.5) is 13.2 Å². The standard InChI is InChI=1S/C14H7ClF3IN2OS/c1-6-4-10-11(23-6)12(19)20-21(10)13(22)8-5-7(15)2-3-9(8)14(16,17)18/h2-5H,1H3. The number of fused-ring (bicyclic) bond motifs is 1. The van der Waals surface area contributed by atoms with Gasteiger partial charge in [0.15, 0.2) is 0 Å². The van der Waals surface area contributed by atoms with Gasteiger partial charge in [-0.25, -0.2) is 0 Å². The first kappa shape index (κ1) is 16.7. The number of hydrogen-bond acceptors (Lipinski definition) is 3. The number of carbonyl (C=O) groups is 1. The van der Waals surface area contributed by atoms with Crippen LogP contribution in [0, 0.1) is 10.6 Å². The highest BCUT2D eigenvalue weighted by atomic mass is 127. The van der Waals surface area contributed by atoms with Gasteiger partial charge in [-0.05, 0) is 53.8 Å². The third kappa shape index (κ3) is 2.99. The fourth-order valence-electron chi connectivity index (χ4n) is 2.20. The Balaban J connectivity index is 2.22. The summed E-state index contributed by atoms with van der Waals surface area (Å²) in [6, 6.07) is 4.66. The average molecular weight is 471 g/mol. The summed E-state index contributed by atoms with van der Waals surface area (Å²) in [4.78, 5) is 13.6. The molecule has 0 bridgehead atoms. The van der Waals surface area contributed by atoms with Crippen LogP contribution in [0.15, 0.2) is 24.3 Å². The Morgan fingerprint density at radius 3 is 2.70 bits per heavy atom. The number of aryl methyl sites for hydroxylation is 1. The molecule has 2 aromatic heterocycles. The van der Waals surface area contributed by atoms with Crippen molar-refractivity contribution in [2.75, 3.05) is 0 Å². The predicted molar refractivity (Wildman–Crippen MR) is 91.2 cm³/mol. The highest BCUT2D eigenvalue weighted by Crippen LogP contribution is 2.35. The minimum Gasteiger partial charge on any atom is -0.267 e. The van der Waals surface area contributed by atoms with Crippen molar-refractivity contribution in [3.05, 3.63) is 49.0 Å². The maximum Gasteiger partial charge on any atom is 0.417 e. The molecule has 0 N–H and O–H groups in total. The maximum atomic E-state index is 13.2. The van der Waals surface area contributed by atoms with Gasteiger partial charge >= 0.3 is 6.18 Å². The van der Waals surface area contributed by atoms with E-state index in [9.17, 15) is 18.0 Å². The minimum absolute atomic E-state index is 0.0564. The quantitative estimate of drug-likeness (QED) is 0.448. The van der Waals surface area contributed by atoms with Crippen LogP contribution in [0.5, 0.6) is 0 Å². The van der Waals surface area contributed by atoms with Gasteiger partial charge < -0.3 is 0 Å². The topological polar surface area (TPSA) is 34.9 Å². The number of nitrogens with zero attached hydrogens (tertiary/aromatic N) is 2. The Hall–Kier alpha value is -1.13. The maximum absolute atomic E-state index is 13.2. The van der Waals surface area contributed by atoms with Gasteiger partial charge in [0.2, 0.25) is 0 Å². The van der Waals surface area contributed by atoms with Gasteiger partial charge in [-0.15, -0.1) is 11.3 Å². The fraction of sp³-hybridized carbons (Fsp3) is 0.143. The van der Waals surface area contributed by atoms with Crippen LogP contribution in [0.2, 0.25) is 5.02 Å². The molecule has 0 fully saturated rings. The van der Waals surface area contributed by atoms with Crippen molar-refractivity contribution in [3.63, 3.8) is 0 Å². The lowest BCUT2D eigenvalue weighted by molar-refractivity contribution is -0.137. The van der Waals surface area contributed by atoms with Crippen LogP contribution in [0.25, 0.3) is 10.2 Å². The summed E-state index contributed by atoms with van der Waals surface area (Å²) in [5.74, 6) is -0.856. The van der Waals surface area contributed by atoms with Crippen molar-refractivity contribution in [2.45, 2.75) is 13.1 Å². The van der Waals surface area contributed by atoms with E-state index in [1.54, 1.807) is 6.07 Å². The van der Waals surface area contributed by atoms with Crippen molar-refractivity contribution >= 4 is 61.7 Å². The number of aromatic nitrogens is 2. The molecule has 3 rings (SSSR count). The fourth-order valence-corrected chi connectivity index (χ4v) is 4.06. The highest BCUT2D eigenvalue weighted by molar-refractivity contribution is 14.1. The normalized spacial score (nSPS) is 12.1. The van der Waals surface area contributed by atoms with Crippen molar-refractivity contribution in [1.29, 1.82) is 0 Å². The molecule has 0 amide bonds. The van der Waals surface area contributed by atoms with E-state index in [-0.39, 0.29) is 5.02 Å². The van der Waals surface area contributed by atoms with Crippen molar-refractivity contribution in [2.24, 2.45) is 0 Å². The molecule has 0 aliphatic rings.